The summed E-state index contributed by atoms with van der Waals surface area (Å²) in [6, 6.07) is 5.50. The molecule has 2 aromatic rings. The molecule has 1 amide bonds. The summed E-state index contributed by atoms with van der Waals surface area (Å²) in [4.78, 5) is 11.3. The third-order valence-electron chi connectivity index (χ3n) is 2.84. The van der Waals surface area contributed by atoms with Crippen LogP contribution in [0.3, 0.4) is 0 Å². The van der Waals surface area contributed by atoms with Crippen molar-refractivity contribution in [3.05, 3.63) is 30.0 Å². The number of primary amides is 1. The Labute approximate surface area is 100 Å². The second-order valence-corrected chi connectivity index (χ2v) is 4.21. The molecule has 0 aliphatic heterocycles. The van der Waals surface area contributed by atoms with Gasteiger partial charge in [-0.25, -0.2) is 0 Å². The van der Waals surface area contributed by atoms with Gasteiger partial charge in [0.1, 0.15) is 5.52 Å². The van der Waals surface area contributed by atoms with Gasteiger partial charge >= 0.3 is 0 Å². The number of hydrogen-bond donors (Lipinski definition) is 1. The van der Waals surface area contributed by atoms with Crippen molar-refractivity contribution in [3.63, 3.8) is 0 Å². The highest BCUT2D eigenvalue weighted by Crippen LogP contribution is 2.17. The highest BCUT2D eigenvalue weighted by molar-refractivity contribution is 6.04. The first kappa shape index (κ1) is 11.6. The summed E-state index contributed by atoms with van der Waals surface area (Å²) in [5, 5.41) is 5.39. The molecule has 4 heteroatoms. The molecule has 1 heterocycles. The van der Waals surface area contributed by atoms with Crippen molar-refractivity contribution in [1.29, 1.82) is 0 Å². The first-order valence-electron chi connectivity index (χ1n) is 5.98. The van der Waals surface area contributed by atoms with Crippen LogP contribution in [0, 0.1) is 0 Å². The van der Waals surface area contributed by atoms with Crippen LogP contribution in [0.2, 0.25) is 0 Å². The topological polar surface area (TPSA) is 60.9 Å². The molecule has 90 valence electrons. The maximum atomic E-state index is 11.3. The van der Waals surface area contributed by atoms with E-state index in [1.807, 2.05) is 23.0 Å². The molecule has 2 N–H and O–H groups in total. The summed E-state index contributed by atoms with van der Waals surface area (Å²) in [5.74, 6) is -0.422. The van der Waals surface area contributed by atoms with Crippen molar-refractivity contribution in [2.45, 2.75) is 32.7 Å². The Morgan fingerprint density at radius 3 is 2.94 bits per heavy atom. The zero-order valence-electron chi connectivity index (χ0n) is 10.0. The van der Waals surface area contributed by atoms with Gasteiger partial charge in [-0.05, 0) is 12.5 Å². The number of carbonyl (C=O) groups excluding carboxylic acids is 1. The molecular formula is C13H17N3O. The number of aromatic nitrogens is 2. The number of nitrogens with two attached hydrogens (primary N) is 1. The summed E-state index contributed by atoms with van der Waals surface area (Å²) in [6.45, 7) is 3.06. The minimum absolute atomic E-state index is 0.422. The number of amides is 1. The fourth-order valence-corrected chi connectivity index (χ4v) is 1.93. The first-order chi connectivity index (χ1) is 8.22. The highest BCUT2D eigenvalue weighted by atomic mass is 16.1. The van der Waals surface area contributed by atoms with Gasteiger partial charge in [-0.15, -0.1) is 0 Å². The van der Waals surface area contributed by atoms with Crippen molar-refractivity contribution in [2.24, 2.45) is 5.73 Å². The first-order valence-corrected chi connectivity index (χ1v) is 5.98. The van der Waals surface area contributed by atoms with Crippen LogP contribution in [0.4, 0.5) is 0 Å². The minimum Gasteiger partial charge on any atom is -0.366 e. The van der Waals surface area contributed by atoms with Gasteiger partial charge in [0, 0.05) is 18.1 Å². The van der Waals surface area contributed by atoms with E-state index in [9.17, 15) is 4.79 Å². The van der Waals surface area contributed by atoms with Gasteiger partial charge in [-0.1, -0.05) is 31.9 Å². The molecule has 4 nitrogen and oxygen atoms in total. The molecule has 0 aliphatic carbocycles. The third-order valence-corrected chi connectivity index (χ3v) is 2.84. The molecule has 0 radical (unpaired) electrons. The Balaban J connectivity index is 2.30. The van der Waals surface area contributed by atoms with Gasteiger partial charge in [-0.3, -0.25) is 9.48 Å². The Kier molecular flexibility index (Phi) is 3.42. The van der Waals surface area contributed by atoms with Crippen LogP contribution in [-0.4, -0.2) is 15.7 Å². The second-order valence-electron chi connectivity index (χ2n) is 4.21. The molecule has 0 saturated heterocycles. The third kappa shape index (κ3) is 2.46. The number of nitrogens with zero attached hydrogens (tertiary/aromatic N) is 2. The molecule has 0 spiro atoms. The largest absolute Gasteiger partial charge is 0.366 e. The van der Waals surface area contributed by atoms with Crippen molar-refractivity contribution >= 4 is 16.8 Å². The van der Waals surface area contributed by atoms with E-state index in [0.717, 1.165) is 18.4 Å². The van der Waals surface area contributed by atoms with E-state index in [0.29, 0.717) is 11.1 Å². The molecular weight excluding hydrogens is 214 g/mol. The van der Waals surface area contributed by atoms with Gasteiger partial charge in [-0.2, -0.15) is 5.10 Å². The van der Waals surface area contributed by atoms with Crippen LogP contribution in [0.15, 0.2) is 24.4 Å². The van der Waals surface area contributed by atoms with Crippen molar-refractivity contribution in [1.82, 2.24) is 9.78 Å². The predicted octanol–water partition coefficient (Wildman–Crippen LogP) is 2.33. The van der Waals surface area contributed by atoms with Gasteiger partial charge in [0.2, 0.25) is 0 Å². The van der Waals surface area contributed by atoms with Gasteiger partial charge in [0.05, 0.1) is 5.56 Å². The molecule has 0 saturated carbocycles. The van der Waals surface area contributed by atoms with E-state index < -0.39 is 5.91 Å². The maximum Gasteiger partial charge on any atom is 0.250 e. The normalized spacial score (nSPS) is 10.9. The van der Waals surface area contributed by atoms with Crippen LogP contribution in [0.1, 0.15) is 36.5 Å². The lowest BCUT2D eigenvalue weighted by Crippen LogP contribution is -2.11. The number of rotatable bonds is 5. The summed E-state index contributed by atoms with van der Waals surface area (Å²) in [6.07, 6.45) is 5.46. The number of unbranched alkanes of at least 4 members (excludes halogenated alkanes) is 2. The van der Waals surface area contributed by atoms with Crippen molar-refractivity contribution < 1.29 is 4.79 Å². The van der Waals surface area contributed by atoms with Crippen molar-refractivity contribution in [2.75, 3.05) is 0 Å². The number of carbonyl (C=O) groups is 1. The van der Waals surface area contributed by atoms with Gasteiger partial charge in [0.25, 0.3) is 5.91 Å². The van der Waals surface area contributed by atoms with E-state index in [4.69, 9.17) is 5.73 Å². The average Bonchev–Trinajstić information content (AvgIpc) is 2.71. The van der Waals surface area contributed by atoms with E-state index in [-0.39, 0.29) is 0 Å². The Bertz CT molecular complexity index is 530. The number of aryl methyl sites for hydroxylation is 1. The molecule has 0 aliphatic rings. The highest BCUT2D eigenvalue weighted by Gasteiger charge is 2.09. The standard InChI is InChI=1S/C13H17N3O/c1-2-3-4-8-16-9-10-6-5-7-11(13(14)17)12(10)15-16/h5-7,9H,2-4,8H2,1H3,(H2,14,17). The Morgan fingerprint density at radius 1 is 1.41 bits per heavy atom. The van der Waals surface area contributed by atoms with E-state index in [1.54, 1.807) is 6.07 Å². The van der Waals surface area contributed by atoms with E-state index >= 15 is 0 Å². The van der Waals surface area contributed by atoms with Gasteiger partial charge < -0.3 is 5.73 Å². The molecule has 0 fully saturated rings. The minimum atomic E-state index is -0.422. The molecule has 0 bridgehead atoms. The smallest absolute Gasteiger partial charge is 0.250 e. The predicted molar refractivity (Wildman–Crippen MR) is 67.8 cm³/mol. The molecule has 1 aromatic heterocycles. The van der Waals surface area contributed by atoms with Crippen LogP contribution < -0.4 is 5.73 Å². The SMILES string of the molecule is CCCCCn1cc2cccc(C(N)=O)c2n1. The quantitative estimate of drug-likeness (QED) is 0.803. The summed E-state index contributed by atoms with van der Waals surface area (Å²) < 4.78 is 1.90. The molecule has 1 aromatic carbocycles. The van der Waals surface area contributed by atoms with E-state index in [2.05, 4.69) is 12.0 Å². The zero-order chi connectivity index (χ0) is 12.3. The fraction of sp³-hybridized carbons (Fsp3) is 0.385. The van der Waals surface area contributed by atoms with E-state index in [1.165, 1.54) is 12.8 Å². The molecule has 17 heavy (non-hydrogen) atoms. The lowest BCUT2D eigenvalue weighted by atomic mass is 10.1. The Morgan fingerprint density at radius 2 is 2.24 bits per heavy atom. The lowest BCUT2D eigenvalue weighted by Gasteiger charge is -1.98. The summed E-state index contributed by atoms with van der Waals surface area (Å²) in [7, 11) is 0. The molecule has 0 atom stereocenters. The summed E-state index contributed by atoms with van der Waals surface area (Å²) >= 11 is 0. The number of fused-ring (bicyclic) bond motifs is 1. The van der Waals surface area contributed by atoms with Crippen LogP contribution in [-0.2, 0) is 6.54 Å². The maximum absolute atomic E-state index is 11.3. The number of hydrogen-bond acceptors (Lipinski definition) is 2. The lowest BCUT2D eigenvalue weighted by molar-refractivity contribution is 0.100. The van der Waals surface area contributed by atoms with Gasteiger partial charge in [0.15, 0.2) is 0 Å². The molecule has 0 unspecified atom stereocenters. The number of benzene rings is 1. The Hall–Kier alpha value is -1.84. The second kappa shape index (κ2) is 4.99. The summed E-state index contributed by atoms with van der Waals surface area (Å²) in [5.41, 5.74) is 6.52. The fourth-order valence-electron chi connectivity index (χ4n) is 1.93. The average molecular weight is 231 g/mol. The molecule has 2 rings (SSSR count). The monoisotopic (exact) mass is 231 g/mol. The zero-order valence-corrected chi connectivity index (χ0v) is 10.0. The van der Waals surface area contributed by atoms with Crippen LogP contribution in [0.25, 0.3) is 10.9 Å². The van der Waals surface area contributed by atoms with Crippen LogP contribution in [0.5, 0.6) is 0 Å². The van der Waals surface area contributed by atoms with Crippen LogP contribution >= 0.6 is 0 Å². The van der Waals surface area contributed by atoms with Crippen molar-refractivity contribution in [3.8, 4) is 0 Å².